The Morgan fingerprint density at radius 3 is 2.65 bits per heavy atom. The number of halogens is 1. The van der Waals surface area contributed by atoms with Gasteiger partial charge in [-0.3, -0.25) is 9.59 Å². The predicted molar refractivity (Wildman–Crippen MR) is 124 cm³/mol. The molecule has 2 aromatic carbocycles. The minimum Gasteiger partial charge on any atom is -0.478 e. The number of hydrogen-bond donors (Lipinski definition) is 3. The van der Waals surface area contributed by atoms with Crippen LogP contribution in [0.1, 0.15) is 21.7 Å². The van der Waals surface area contributed by atoms with E-state index in [4.69, 9.17) is 21.1 Å². The average Bonchev–Trinajstić information content (AvgIpc) is 3.34. The second-order valence-electron chi connectivity index (χ2n) is 7.50. The number of anilines is 1. The maximum atomic E-state index is 12.7. The highest BCUT2D eigenvalue weighted by Gasteiger charge is 2.35. The Bertz CT molecular complexity index is 1360. The number of amides is 4. The van der Waals surface area contributed by atoms with Crippen molar-refractivity contribution in [2.24, 2.45) is 0 Å². The van der Waals surface area contributed by atoms with Crippen molar-refractivity contribution in [3.63, 3.8) is 0 Å². The van der Waals surface area contributed by atoms with Crippen LogP contribution in [0.4, 0.5) is 10.5 Å². The number of urea groups is 1. The van der Waals surface area contributed by atoms with Crippen molar-refractivity contribution in [2.75, 3.05) is 11.9 Å². The van der Waals surface area contributed by atoms with E-state index in [1.807, 2.05) is 13.0 Å². The minimum atomic E-state index is -1.14. The lowest BCUT2D eigenvalue weighted by atomic mass is 10.1. The lowest BCUT2D eigenvalue weighted by Crippen LogP contribution is -2.38. The van der Waals surface area contributed by atoms with Crippen LogP contribution in [0.2, 0.25) is 5.02 Å². The molecular formula is C24H18ClN3O6. The number of nitrogens with one attached hydrogen (secondary N) is 2. The molecule has 0 saturated carbocycles. The Morgan fingerprint density at radius 2 is 1.94 bits per heavy atom. The number of carboxylic acids is 1. The first-order chi connectivity index (χ1) is 16.2. The van der Waals surface area contributed by atoms with Gasteiger partial charge in [-0.2, -0.15) is 0 Å². The van der Waals surface area contributed by atoms with Gasteiger partial charge in [-0.15, -0.1) is 0 Å². The van der Waals surface area contributed by atoms with Crippen LogP contribution >= 0.6 is 11.6 Å². The zero-order valence-corrected chi connectivity index (χ0v) is 18.6. The Balaban J connectivity index is 1.46. The molecule has 4 amide bonds. The first kappa shape index (κ1) is 22.8. The van der Waals surface area contributed by atoms with Crippen LogP contribution in [0, 0.1) is 6.92 Å². The van der Waals surface area contributed by atoms with E-state index in [0.717, 1.165) is 10.5 Å². The third kappa shape index (κ3) is 4.84. The number of furan rings is 1. The van der Waals surface area contributed by atoms with Crippen molar-refractivity contribution in [1.82, 2.24) is 10.2 Å². The van der Waals surface area contributed by atoms with Gasteiger partial charge in [-0.25, -0.2) is 14.5 Å². The molecule has 1 saturated heterocycles. The van der Waals surface area contributed by atoms with Crippen LogP contribution in [0.15, 0.2) is 64.7 Å². The Hall–Kier alpha value is -4.37. The summed E-state index contributed by atoms with van der Waals surface area (Å²) in [5, 5.41) is 14.2. The molecule has 0 radical (unpaired) electrons. The third-order valence-corrected chi connectivity index (χ3v) is 5.28. The molecule has 34 heavy (non-hydrogen) atoms. The standard InChI is InChI=1S/C24H18ClN3O6/c1-13-3-2-4-15(9-13)26-21(29)12-28-22(30)19(27-24(28)33)11-16-6-8-20(34-16)14-5-7-17(23(31)32)18(25)10-14/h2-11H,12H2,1H3,(H,26,29)(H,27,33)(H,31,32)/b19-11+. The van der Waals surface area contributed by atoms with Gasteiger partial charge in [0.2, 0.25) is 5.91 Å². The van der Waals surface area contributed by atoms with E-state index >= 15 is 0 Å². The van der Waals surface area contributed by atoms with Gasteiger partial charge in [0.25, 0.3) is 5.91 Å². The highest BCUT2D eigenvalue weighted by molar-refractivity contribution is 6.33. The van der Waals surface area contributed by atoms with Gasteiger partial charge in [-0.1, -0.05) is 29.8 Å². The largest absolute Gasteiger partial charge is 0.478 e. The number of rotatable bonds is 6. The molecule has 0 aliphatic carbocycles. The van der Waals surface area contributed by atoms with Crippen LogP contribution < -0.4 is 10.6 Å². The number of nitrogens with zero attached hydrogens (tertiary/aromatic N) is 1. The molecule has 4 rings (SSSR count). The van der Waals surface area contributed by atoms with Gasteiger partial charge in [0.05, 0.1) is 10.6 Å². The van der Waals surface area contributed by atoms with Crippen molar-refractivity contribution in [2.45, 2.75) is 6.92 Å². The van der Waals surface area contributed by atoms with Gasteiger partial charge in [-0.05, 0) is 48.9 Å². The monoisotopic (exact) mass is 479 g/mol. The lowest BCUT2D eigenvalue weighted by molar-refractivity contribution is -0.127. The molecule has 0 unspecified atom stereocenters. The number of imide groups is 1. The normalized spacial score (nSPS) is 14.4. The van der Waals surface area contributed by atoms with Crippen molar-refractivity contribution >= 4 is 47.2 Å². The summed E-state index contributed by atoms with van der Waals surface area (Å²) in [6.45, 7) is 1.43. The van der Waals surface area contributed by atoms with Crippen molar-refractivity contribution in [3.05, 3.63) is 82.2 Å². The molecule has 1 aromatic heterocycles. The number of carboxylic acid groups (broad SMARTS) is 1. The van der Waals surface area contributed by atoms with E-state index in [1.165, 1.54) is 18.2 Å². The topological polar surface area (TPSA) is 129 Å². The summed E-state index contributed by atoms with van der Waals surface area (Å²) in [5.74, 6) is -1.68. The van der Waals surface area contributed by atoms with Gasteiger partial charge < -0.3 is 20.2 Å². The molecule has 0 spiro atoms. The van der Waals surface area contributed by atoms with Crippen LogP contribution in [0.5, 0.6) is 0 Å². The lowest BCUT2D eigenvalue weighted by Gasteiger charge is -2.12. The van der Waals surface area contributed by atoms with Gasteiger partial charge in [0, 0.05) is 17.3 Å². The molecule has 0 bridgehead atoms. The maximum Gasteiger partial charge on any atom is 0.337 e. The van der Waals surface area contributed by atoms with Crippen molar-refractivity contribution in [1.29, 1.82) is 0 Å². The van der Waals surface area contributed by atoms with Crippen LogP contribution in [0.25, 0.3) is 17.4 Å². The fraction of sp³-hybridized carbons (Fsp3) is 0.0833. The number of carbonyl (C=O) groups excluding carboxylic acids is 3. The van der Waals surface area contributed by atoms with E-state index in [-0.39, 0.29) is 22.0 Å². The van der Waals surface area contributed by atoms with E-state index in [1.54, 1.807) is 36.4 Å². The molecule has 1 aliphatic rings. The number of benzene rings is 2. The third-order valence-electron chi connectivity index (χ3n) is 4.96. The number of hydrogen-bond acceptors (Lipinski definition) is 5. The minimum absolute atomic E-state index is 0.0369. The summed E-state index contributed by atoms with van der Waals surface area (Å²) >= 11 is 6.01. The summed E-state index contributed by atoms with van der Waals surface area (Å²) in [7, 11) is 0. The van der Waals surface area contributed by atoms with Crippen LogP contribution in [0.3, 0.4) is 0 Å². The van der Waals surface area contributed by atoms with Crippen LogP contribution in [-0.2, 0) is 9.59 Å². The van der Waals surface area contributed by atoms with Gasteiger partial charge >= 0.3 is 12.0 Å². The fourth-order valence-electron chi connectivity index (χ4n) is 3.35. The fourth-order valence-corrected chi connectivity index (χ4v) is 3.61. The molecule has 3 aromatic rings. The average molecular weight is 480 g/mol. The highest BCUT2D eigenvalue weighted by atomic mass is 35.5. The zero-order chi connectivity index (χ0) is 24.4. The molecular weight excluding hydrogens is 462 g/mol. The van der Waals surface area contributed by atoms with E-state index in [2.05, 4.69) is 10.6 Å². The molecule has 0 atom stereocenters. The molecule has 9 nitrogen and oxygen atoms in total. The predicted octanol–water partition coefficient (Wildman–Crippen LogP) is 4.14. The summed E-state index contributed by atoms with van der Waals surface area (Å²) < 4.78 is 5.69. The number of aryl methyl sites for hydroxylation is 1. The molecule has 1 fully saturated rings. The summed E-state index contributed by atoms with van der Waals surface area (Å²) in [6, 6.07) is 14.0. The summed E-state index contributed by atoms with van der Waals surface area (Å²) in [6.07, 6.45) is 1.34. The smallest absolute Gasteiger partial charge is 0.337 e. The first-order valence-electron chi connectivity index (χ1n) is 10.1. The molecule has 172 valence electrons. The van der Waals surface area contributed by atoms with E-state index < -0.39 is 30.4 Å². The Kier molecular flexibility index (Phi) is 6.20. The SMILES string of the molecule is Cc1cccc(NC(=O)CN2C(=O)N/C(=C/c3ccc(-c4ccc(C(=O)O)c(Cl)c4)o3)C2=O)c1. The quantitative estimate of drug-likeness (QED) is 0.360. The molecule has 1 aliphatic heterocycles. The first-order valence-corrected chi connectivity index (χ1v) is 10.4. The Morgan fingerprint density at radius 1 is 1.15 bits per heavy atom. The van der Waals surface area contributed by atoms with E-state index in [0.29, 0.717) is 17.0 Å². The zero-order valence-electron chi connectivity index (χ0n) is 17.8. The van der Waals surface area contributed by atoms with E-state index in [9.17, 15) is 19.2 Å². The van der Waals surface area contributed by atoms with Crippen molar-refractivity contribution < 1.29 is 28.7 Å². The van der Waals surface area contributed by atoms with Gasteiger partial charge in [0.15, 0.2) is 0 Å². The second kappa shape index (κ2) is 9.24. The van der Waals surface area contributed by atoms with Gasteiger partial charge in [0.1, 0.15) is 23.8 Å². The summed E-state index contributed by atoms with van der Waals surface area (Å²) in [4.78, 5) is 49.2. The Labute approximate surface area is 198 Å². The molecule has 10 heteroatoms. The maximum absolute atomic E-state index is 12.7. The summed E-state index contributed by atoms with van der Waals surface area (Å²) in [5.41, 5.74) is 1.97. The second-order valence-corrected chi connectivity index (χ2v) is 7.91. The number of carbonyl (C=O) groups is 4. The molecule has 3 N–H and O–H groups in total. The van der Waals surface area contributed by atoms with Crippen molar-refractivity contribution in [3.8, 4) is 11.3 Å². The molecule has 2 heterocycles. The highest BCUT2D eigenvalue weighted by Crippen LogP contribution is 2.28. The number of aromatic carboxylic acids is 1. The van der Waals surface area contributed by atoms with Crippen LogP contribution in [-0.4, -0.2) is 40.4 Å².